The van der Waals surface area contributed by atoms with Crippen LogP contribution in [0.3, 0.4) is 0 Å². The number of aryl methyl sites for hydroxylation is 2. The molecule has 5 heterocycles. The summed E-state index contributed by atoms with van der Waals surface area (Å²) in [5, 5.41) is 3.31. The Bertz CT molecular complexity index is 1160. The summed E-state index contributed by atoms with van der Waals surface area (Å²) in [7, 11) is -1.18. The van der Waals surface area contributed by atoms with Gasteiger partial charge in [0.25, 0.3) is 0 Å². The highest BCUT2D eigenvalue weighted by Crippen LogP contribution is 2.36. The van der Waals surface area contributed by atoms with Gasteiger partial charge in [0, 0.05) is 38.0 Å². The highest BCUT2D eigenvalue weighted by molar-refractivity contribution is 7.85. The molecule has 0 saturated carbocycles. The first-order valence-electron chi connectivity index (χ1n) is 11.3. The lowest BCUT2D eigenvalue weighted by atomic mass is 10.1. The highest BCUT2D eigenvalue weighted by atomic mass is 32.2. The number of piperazine rings is 1. The lowest BCUT2D eigenvalue weighted by molar-refractivity contribution is 0.138. The van der Waals surface area contributed by atoms with Crippen LogP contribution in [0.25, 0.3) is 0 Å². The van der Waals surface area contributed by atoms with Crippen LogP contribution in [0.4, 0.5) is 22.4 Å². The number of nitrogens with one attached hydrogen (secondary N) is 1. The second-order valence-corrected chi connectivity index (χ2v) is 11.0. The Kier molecular flexibility index (Phi) is 5.70. The molecule has 0 spiro atoms. The smallest absolute Gasteiger partial charge is 0.404 e. The standard InChI is InChI=1S/C22H29N7O4S/c1-13-8-16-19(24-9-13)29-6-5-28(10-14(29)11-32-16)21-25-15-4-7-34(31)17(15)18(26-21)27-22(2,3)12-33-20(23)30/h8-9,14H,4-7,10-12H2,1-3H3,(H2,23,30)(H,25,26,27)/t14-,34-/m0/s1. The molecule has 0 bridgehead atoms. The molecule has 0 radical (unpaired) electrons. The number of nitrogens with two attached hydrogens (primary N) is 1. The number of anilines is 3. The van der Waals surface area contributed by atoms with Gasteiger partial charge in [-0.05, 0) is 32.4 Å². The number of aromatic nitrogens is 3. The normalized spacial score (nSPS) is 21.3. The van der Waals surface area contributed by atoms with Crippen molar-refractivity contribution in [3.05, 3.63) is 23.5 Å². The molecule has 3 N–H and O–H groups in total. The SMILES string of the molecule is Cc1cnc2c(c1)OC[C@@H]1CN(c3nc4c(c(NC(C)(C)COC(N)=O)n3)[S@@](=O)CC4)CCN21. The second kappa shape index (κ2) is 8.57. The van der Waals surface area contributed by atoms with Gasteiger partial charge in [-0.25, -0.2) is 14.8 Å². The van der Waals surface area contributed by atoms with Crippen LogP contribution in [-0.2, 0) is 22.0 Å². The Balaban J connectivity index is 1.40. The molecule has 11 nitrogen and oxygen atoms in total. The monoisotopic (exact) mass is 487 g/mol. The third-order valence-electron chi connectivity index (χ3n) is 6.15. The summed E-state index contributed by atoms with van der Waals surface area (Å²) in [6.07, 6.45) is 1.65. The van der Waals surface area contributed by atoms with E-state index < -0.39 is 22.4 Å². The van der Waals surface area contributed by atoms with E-state index in [2.05, 4.69) is 20.1 Å². The zero-order valence-electron chi connectivity index (χ0n) is 19.5. The summed E-state index contributed by atoms with van der Waals surface area (Å²) >= 11 is 0. The lowest BCUT2D eigenvalue weighted by Gasteiger charge is -2.44. The van der Waals surface area contributed by atoms with E-state index in [1.807, 2.05) is 33.0 Å². The molecule has 3 aliphatic rings. The summed E-state index contributed by atoms with van der Waals surface area (Å²) in [5.74, 6) is 3.33. The van der Waals surface area contributed by atoms with E-state index in [1.54, 1.807) is 0 Å². The van der Waals surface area contributed by atoms with E-state index in [4.69, 9.17) is 25.2 Å². The fourth-order valence-electron chi connectivity index (χ4n) is 4.52. The number of ether oxygens (including phenoxy) is 2. The molecule has 182 valence electrons. The predicted molar refractivity (Wildman–Crippen MR) is 128 cm³/mol. The van der Waals surface area contributed by atoms with Crippen molar-refractivity contribution in [3.63, 3.8) is 0 Å². The van der Waals surface area contributed by atoms with E-state index in [0.29, 0.717) is 42.0 Å². The van der Waals surface area contributed by atoms with Crippen molar-refractivity contribution in [2.45, 2.75) is 43.7 Å². The van der Waals surface area contributed by atoms with Gasteiger partial charge in [0.15, 0.2) is 11.6 Å². The number of amides is 1. The molecule has 3 aliphatic heterocycles. The molecular formula is C22H29N7O4S. The summed E-state index contributed by atoms with van der Waals surface area (Å²) in [6.45, 7) is 8.53. The van der Waals surface area contributed by atoms with Gasteiger partial charge in [-0.2, -0.15) is 4.98 Å². The van der Waals surface area contributed by atoms with Crippen LogP contribution >= 0.6 is 0 Å². The molecule has 1 fully saturated rings. The zero-order valence-corrected chi connectivity index (χ0v) is 20.4. The predicted octanol–water partition coefficient (Wildman–Crippen LogP) is 1.22. The fraction of sp³-hybridized carbons (Fsp3) is 0.545. The first-order valence-corrected chi connectivity index (χ1v) is 12.6. The highest BCUT2D eigenvalue weighted by Gasteiger charge is 2.36. The number of nitrogens with zero attached hydrogens (tertiary/aromatic N) is 5. The van der Waals surface area contributed by atoms with E-state index >= 15 is 0 Å². The summed E-state index contributed by atoms with van der Waals surface area (Å²) in [4.78, 5) is 30.3. The maximum atomic E-state index is 12.7. The minimum absolute atomic E-state index is 0.0487. The van der Waals surface area contributed by atoms with Gasteiger partial charge in [-0.15, -0.1) is 0 Å². The van der Waals surface area contributed by atoms with Gasteiger partial charge in [-0.3, -0.25) is 4.21 Å². The number of pyridine rings is 1. The van der Waals surface area contributed by atoms with Crippen LogP contribution in [0.2, 0.25) is 0 Å². The van der Waals surface area contributed by atoms with E-state index in [1.165, 1.54) is 0 Å². The maximum absolute atomic E-state index is 12.7. The van der Waals surface area contributed by atoms with Crippen molar-refractivity contribution in [2.24, 2.45) is 5.73 Å². The minimum atomic E-state index is -1.18. The van der Waals surface area contributed by atoms with Crippen LogP contribution in [0.5, 0.6) is 5.75 Å². The number of carbonyl (C=O) groups excluding carboxylic acids is 1. The first-order chi connectivity index (χ1) is 16.2. The number of fused-ring (bicyclic) bond motifs is 4. The van der Waals surface area contributed by atoms with Gasteiger partial charge < -0.3 is 30.3 Å². The molecule has 0 unspecified atom stereocenters. The third-order valence-corrected chi connectivity index (χ3v) is 7.61. The largest absolute Gasteiger partial charge is 0.487 e. The van der Waals surface area contributed by atoms with Crippen molar-refractivity contribution in [3.8, 4) is 5.75 Å². The molecule has 0 aromatic carbocycles. The second-order valence-electron chi connectivity index (χ2n) is 9.50. The third kappa shape index (κ3) is 4.33. The van der Waals surface area contributed by atoms with Crippen LogP contribution < -0.4 is 25.6 Å². The number of primary amides is 1. The molecule has 1 amide bonds. The van der Waals surface area contributed by atoms with Crippen LogP contribution in [0.15, 0.2) is 17.2 Å². The topological polar surface area (TPSA) is 136 Å². The lowest BCUT2D eigenvalue weighted by Crippen LogP contribution is -2.58. The molecular weight excluding hydrogens is 458 g/mol. The fourth-order valence-corrected chi connectivity index (χ4v) is 5.83. The average molecular weight is 488 g/mol. The average Bonchev–Trinajstić information content (AvgIpc) is 3.18. The van der Waals surface area contributed by atoms with Gasteiger partial charge in [-0.1, -0.05) is 0 Å². The van der Waals surface area contributed by atoms with Crippen molar-refractivity contribution >= 4 is 34.5 Å². The molecule has 34 heavy (non-hydrogen) atoms. The van der Waals surface area contributed by atoms with E-state index in [0.717, 1.165) is 35.9 Å². The van der Waals surface area contributed by atoms with Gasteiger partial charge in [0.2, 0.25) is 5.95 Å². The Morgan fingerprint density at radius 3 is 3.00 bits per heavy atom. The zero-order chi connectivity index (χ0) is 24.0. The number of carbonyl (C=O) groups is 1. The van der Waals surface area contributed by atoms with Crippen LogP contribution in [0, 0.1) is 6.92 Å². The molecule has 12 heteroatoms. The Morgan fingerprint density at radius 2 is 2.21 bits per heavy atom. The summed E-state index contributed by atoms with van der Waals surface area (Å²) in [5.41, 5.74) is 6.33. The Morgan fingerprint density at radius 1 is 1.38 bits per heavy atom. The van der Waals surface area contributed by atoms with Crippen LogP contribution in [0.1, 0.15) is 25.1 Å². The molecule has 2 atom stereocenters. The molecule has 5 rings (SSSR count). The molecule has 1 saturated heterocycles. The van der Waals surface area contributed by atoms with Crippen molar-refractivity contribution in [1.82, 2.24) is 15.0 Å². The van der Waals surface area contributed by atoms with Crippen molar-refractivity contribution < 1.29 is 18.5 Å². The summed E-state index contributed by atoms with van der Waals surface area (Å²) < 4.78 is 23.7. The molecule has 2 aromatic heterocycles. The van der Waals surface area contributed by atoms with Gasteiger partial charge >= 0.3 is 6.09 Å². The summed E-state index contributed by atoms with van der Waals surface area (Å²) in [6, 6.07) is 2.15. The van der Waals surface area contributed by atoms with E-state index in [-0.39, 0.29) is 12.6 Å². The molecule has 2 aromatic rings. The maximum Gasteiger partial charge on any atom is 0.404 e. The molecule has 0 aliphatic carbocycles. The van der Waals surface area contributed by atoms with Crippen molar-refractivity contribution in [2.75, 3.05) is 53.7 Å². The first kappa shape index (κ1) is 22.6. The van der Waals surface area contributed by atoms with E-state index in [9.17, 15) is 9.00 Å². The van der Waals surface area contributed by atoms with Gasteiger partial charge in [0.05, 0.1) is 28.1 Å². The van der Waals surface area contributed by atoms with Crippen molar-refractivity contribution in [1.29, 1.82) is 0 Å². The Labute approximate surface area is 200 Å². The quantitative estimate of drug-likeness (QED) is 0.633. The minimum Gasteiger partial charge on any atom is -0.487 e. The van der Waals surface area contributed by atoms with Crippen LogP contribution in [-0.4, -0.2) is 75.4 Å². The Hall–Kier alpha value is -3.15. The number of rotatable bonds is 5. The van der Waals surface area contributed by atoms with Gasteiger partial charge in [0.1, 0.15) is 23.9 Å². The number of hydrogen-bond acceptors (Lipinski definition) is 10. The number of hydrogen-bond donors (Lipinski definition) is 2.